The molecule has 22 heavy (non-hydrogen) atoms. The number of halogens is 13. The molecule has 0 saturated heterocycles. The van der Waals surface area contributed by atoms with Crippen molar-refractivity contribution in [3.8, 4) is 0 Å². The Labute approximate surface area is 112 Å². The lowest BCUT2D eigenvalue weighted by Crippen LogP contribution is -2.70. The van der Waals surface area contributed by atoms with Gasteiger partial charge in [0, 0.05) is 6.42 Å². The fourth-order valence-electron chi connectivity index (χ4n) is 1.04. The van der Waals surface area contributed by atoms with E-state index in [-0.39, 0.29) is 0 Å². The van der Waals surface area contributed by atoms with E-state index in [1.165, 1.54) is 0 Å². The Kier molecular flexibility index (Phi) is 5.07. The highest BCUT2D eigenvalue weighted by molar-refractivity contribution is 5.10. The SMILES string of the molecule is O[CH]CC(F)(F)C(F)(F)C(F)(F)C(F)(F)C(F)(F)C(F)(F)F. The molecule has 0 aliphatic rings. The Hall–Kier alpha value is -0.950. The third kappa shape index (κ3) is 2.69. The maximum atomic E-state index is 12.8. The summed E-state index contributed by atoms with van der Waals surface area (Å²) in [5.74, 6) is -37.0. The second kappa shape index (κ2) is 5.30. The van der Waals surface area contributed by atoms with Gasteiger partial charge in [0.1, 0.15) is 0 Å². The topological polar surface area (TPSA) is 20.2 Å². The Morgan fingerprint density at radius 1 is 0.545 bits per heavy atom. The number of rotatable bonds is 6. The molecule has 0 unspecified atom stereocenters. The molecule has 0 heterocycles. The van der Waals surface area contributed by atoms with Crippen molar-refractivity contribution >= 4 is 0 Å². The summed E-state index contributed by atoms with van der Waals surface area (Å²) in [5, 5.41) is 7.82. The van der Waals surface area contributed by atoms with E-state index in [0.717, 1.165) is 0 Å². The molecule has 133 valence electrons. The summed E-state index contributed by atoms with van der Waals surface area (Å²) in [6.07, 6.45) is -10.1. The number of alkyl halides is 13. The molecule has 0 rings (SSSR count). The summed E-state index contributed by atoms with van der Waals surface area (Å²) in [6.45, 7) is -0.885. The minimum absolute atomic E-state index is 0.885. The number of hydrogen-bond donors (Lipinski definition) is 1. The highest BCUT2D eigenvalue weighted by Crippen LogP contribution is 2.60. The van der Waals surface area contributed by atoms with Crippen LogP contribution in [0.15, 0.2) is 0 Å². The van der Waals surface area contributed by atoms with Crippen LogP contribution in [0.4, 0.5) is 57.1 Å². The van der Waals surface area contributed by atoms with Gasteiger partial charge in [0.2, 0.25) is 0 Å². The quantitative estimate of drug-likeness (QED) is 0.682. The van der Waals surface area contributed by atoms with Crippen molar-refractivity contribution in [2.45, 2.75) is 42.2 Å². The van der Waals surface area contributed by atoms with Crippen LogP contribution in [0.3, 0.4) is 0 Å². The van der Waals surface area contributed by atoms with Crippen molar-refractivity contribution in [3.05, 3.63) is 6.61 Å². The first-order chi connectivity index (χ1) is 9.31. The predicted molar refractivity (Wildman–Crippen MR) is 41.6 cm³/mol. The Morgan fingerprint density at radius 3 is 1.14 bits per heavy atom. The van der Waals surface area contributed by atoms with Crippen molar-refractivity contribution in [3.63, 3.8) is 0 Å². The lowest BCUT2D eigenvalue weighted by molar-refractivity contribution is -0.440. The van der Waals surface area contributed by atoms with Crippen LogP contribution in [-0.2, 0) is 0 Å². The third-order valence-electron chi connectivity index (χ3n) is 2.35. The van der Waals surface area contributed by atoms with E-state index in [1.807, 2.05) is 0 Å². The van der Waals surface area contributed by atoms with Gasteiger partial charge in [-0.25, -0.2) is 0 Å². The van der Waals surface area contributed by atoms with Crippen LogP contribution in [0.2, 0.25) is 0 Å². The van der Waals surface area contributed by atoms with Gasteiger partial charge < -0.3 is 5.11 Å². The first-order valence-electron chi connectivity index (χ1n) is 4.73. The smallest absolute Gasteiger partial charge is 0.390 e. The van der Waals surface area contributed by atoms with E-state index in [1.54, 1.807) is 0 Å². The largest absolute Gasteiger partial charge is 0.460 e. The van der Waals surface area contributed by atoms with Crippen LogP contribution < -0.4 is 0 Å². The molecule has 0 aromatic heterocycles. The molecule has 0 spiro atoms. The molecule has 0 aromatic carbocycles. The summed E-state index contributed by atoms with van der Waals surface area (Å²) in [4.78, 5) is 0. The second-order valence-corrected chi connectivity index (χ2v) is 3.89. The monoisotopic (exact) mass is 363 g/mol. The van der Waals surface area contributed by atoms with E-state index >= 15 is 0 Å². The molecule has 0 saturated carbocycles. The van der Waals surface area contributed by atoms with Crippen molar-refractivity contribution < 1.29 is 62.2 Å². The van der Waals surface area contributed by atoms with E-state index in [9.17, 15) is 57.1 Å². The fraction of sp³-hybridized carbons (Fsp3) is 0.875. The maximum absolute atomic E-state index is 12.8. The van der Waals surface area contributed by atoms with Crippen LogP contribution in [-0.4, -0.2) is 40.9 Å². The van der Waals surface area contributed by atoms with Gasteiger partial charge in [0.05, 0.1) is 6.61 Å². The van der Waals surface area contributed by atoms with Crippen LogP contribution >= 0.6 is 0 Å². The predicted octanol–water partition coefficient (Wildman–Crippen LogP) is 4.65. The van der Waals surface area contributed by atoms with Crippen molar-refractivity contribution in [2.75, 3.05) is 0 Å². The molecular weight excluding hydrogens is 359 g/mol. The van der Waals surface area contributed by atoms with Gasteiger partial charge in [0.25, 0.3) is 0 Å². The lowest BCUT2D eigenvalue weighted by Gasteiger charge is -2.39. The zero-order valence-electron chi connectivity index (χ0n) is 9.65. The normalized spacial score (nSPS) is 16.1. The first-order valence-corrected chi connectivity index (χ1v) is 4.73. The third-order valence-corrected chi connectivity index (χ3v) is 2.35. The van der Waals surface area contributed by atoms with E-state index in [4.69, 9.17) is 5.11 Å². The van der Waals surface area contributed by atoms with Crippen molar-refractivity contribution in [1.82, 2.24) is 0 Å². The van der Waals surface area contributed by atoms with Gasteiger partial charge in [-0.2, -0.15) is 57.1 Å². The first kappa shape index (κ1) is 21.0. The highest BCUT2D eigenvalue weighted by atomic mass is 19.4. The van der Waals surface area contributed by atoms with E-state index < -0.39 is 48.8 Å². The fourth-order valence-corrected chi connectivity index (χ4v) is 1.04. The van der Waals surface area contributed by atoms with Gasteiger partial charge in [-0.05, 0) is 0 Å². The van der Waals surface area contributed by atoms with Gasteiger partial charge in [-0.1, -0.05) is 0 Å². The number of aliphatic hydroxyl groups excluding tert-OH is 1. The molecule has 0 aromatic rings. The average molecular weight is 363 g/mol. The lowest BCUT2D eigenvalue weighted by atomic mass is 9.93. The van der Waals surface area contributed by atoms with Gasteiger partial charge in [0.15, 0.2) is 0 Å². The average Bonchev–Trinajstić information content (AvgIpc) is 2.26. The minimum atomic E-state index is -7.90. The molecule has 0 bridgehead atoms. The summed E-state index contributed by atoms with van der Waals surface area (Å²) in [5.41, 5.74) is 0. The van der Waals surface area contributed by atoms with Crippen LogP contribution in [0.1, 0.15) is 6.42 Å². The molecule has 0 atom stereocenters. The molecule has 1 nitrogen and oxygen atoms in total. The molecule has 0 aliphatic heterocycles. The molecule has 1 radical (unpaired) electrons. The standard InChI is InChI=1S/C8H4F13O/c9-3(10,1-2-22)4(11,12)5(13,14)6(15,16)7(17,18)8(19,20)21/h2,22H,1H2. The molecule has 0 amide bonds. The zero-order valence-corrected chi connectivity index (χ0v) is 9.65. The molecule has 0 fully saturated rings. The zero-order chi connectivity index (χ0) is 18.4. The number of aliphatic hydroxyl groups is 1. The van der Waals surface area contributed by atoms with Gasteiger partial charge in [-0.3, -0.25) is 0 Å². The second-order valence-electron chi connectivity index (χ2n) is 3.89. The van der Waals surface area contributed by atoms with Crippen LogP contribution in [0, 0.1) is 6.61 Å². The van der Waals surface area contributed by atoms with Crippen molar-refractivity contribution in [2.24, 2.45) is 0 Å². The summed E-state index contributed by atoms with van der Waals surface area (Å²) in [6, 6.07) is 0. The van der Waals surface area contributed by atoms with Gasteiger partial charge >= 0.3 is 35.8 Å². The molecule has 14 heteroatoms. The van der Waals surface area contributed by atoms with Crippen LogP contribution in [0.5, 0.6) is 0 Å². The number of hydrogen-bond acceptors (Lipinski definition) is 1. The highest BCUT2D eigenvalue weighted by Gasteiger charge is 2.90. The summed E-state index contributed by atoms with van der Waals surface area (Å²) < 4.78 is 161. The van der Waals surface area contributed by atoms with E-state index in [0.29, 0.717) is 0 Å². The molecular formula is C8H4F13O. The minimum Gasteiger partial charge on any atom is -0.390 e. The Bertz CT molecular complexity index is 395. The van der Waals surface area contributed by atoms with Gasteiger partial charge in [-0.15, -0.1) is 0 Å². The van der Waals surface area contributed by atoms with E-state index in [2.05, 4.69) is 0 Å². The summed E-state index contributed by atoms with van der Waals surface area (Å²) in [7, 11) is 0. The van der Waals surface area contributed by atoms with Crippen LogP contribution in [0.25, 0.3) is 0 Å². The molecule has 1 N–H and O–H groups in total. The maximum Gasteiger partial charge on any atom is 0.460 e. The summed E-state index contributed by atoms with van der Waals surface area (Å²) >= 11 is 0. The van der Waals surface area contributed by atoms with Crippen molar-refractivity contribution in [1.29, 1.82) is 0 Å². The Balaban J connectivity index is 6.11. The molecule has 0 aliphatic carbocycles. The Morgan fingerprint density at radius 2 is 0.864 bits per heavy atom.